The summed E-state index contributed by atoms with van der Waals surface area (Å²) in [4.78, 5) is 11.8. The molecule has 0 saturated carbocycles. The third-order valence-corrected chi connectivity index (χ3v) is 3.43. The van der Waals surface area contributed by atoms with Gasteiger partial charge in [0, 0.05) is 29.9 Å². The van der Waals surface area contributed by atoms with Crippen LogP contribution in [0, 0.1) is 5.82 Å². The largest absolute Gasteiger partial charge is 0.375 e. The molecule has 0 radical (unpaired) electrons. The number of nitrogens with one attached hydrogen (secondary N) is 2. The quantitative estimate of drug-likeness (QED) is 0.874. The van der Waals surface area contributed by atoms with Crippen molar-refractivity contribution in [3.05, 3.63) is 64.9 Å². The summed E-state index contributed by atoms with van der Waals surface area (Å²) < 4.78 is 18.1. The van der Waals surface area contributed by atoms with Gasteiger partial charge in [-0.25, -0.2) is 9.18 Å². The zero-order chi connectivity index (χ0) is 15.9. The summed E-state index contributed by atoms with van der Waals surface area (Å²) in [5.74, 6) is -0.357. The van der Waals surface area contributed by atoms with Gasteiger partial charge in [-0.05, 0) is 30.3 Å². The van der Waals surface area contributed by atoms with Crippen LogP contribution in [0.15, 0.2) is 48.5 Å². The monoisotopic (exact) mass is 322 g/mol. The number of urea groups is 1. The molecule has 0 fully saturated rings. The number of halogens is 2. The molecule has 1 unspecified atom stereocenters. The van der Waals surface area contributed by atoms with Crippen molar-refractivity contribution < 1.29 is 13.9 Å². The Morgan fingerprint density at radius 2 is 1.91 bits per heavy atom. The van der Waals surface area contributed by atoms with E-state index in [-0.39, 0.29) is 18.5 Å². The SMILES string of the molecule is COC(CNC(=O)Nc1ccc(F)cc1)c1ccccc1Cl. The first-order valence-corrected chi connectivity index (χ1v) is 7.05. The molecule has 1 atom stereocenters. The lowest BCUT2D eigenvalue weighted by atomic mass is 10.1. The first kappa shape index (κ1) is 16.3. The van der Waals surface area contributed by atoms with Crippen LogP contribution in [0.5, 0.6) is 0 Å². The topological polar surface area (TPSA) is 50.4 Å². The van der Waals surface area contributed by atoms with E-state index in [1.807, 2.05) is 18.2 Å². The van der Waals surface area contributed by atoms with E-state index < -0.39 is 6.03 Å². The average molecular weight is 323 g/mol. The third-order valence-electron chi connectivity index (χ3n) is 3.09. The van der Waals surface area contributed by atoms with Gasteiger partial charge in [0.2, 0.25) is 0 Å². The fourth-order valence-electron chi connectivity index (χ4n) is 1.95. The van der Waals surface area contributed by atoms with Crippen molar-refractivity contribution in [1.29, 1.82) is 0 Å². The van der Waals surface area contributed by atoms with E-state index in [0.29, 0.717) is 10.7 Å². The minimum absolute atomic E-state index is 0.257. The van der Waals surface area contributed by atoms with E-state index in [9.17, 15) is 9.18 Å². The molecule has 0 aliphatic heterocycles. The maximum absolute atomic E-state index is 12.8. The molecule has 6 heteroatoms. The fraction of sp³-hybridized carbons (Fsp3) is 0.188. The van der Waals surface area contributed by atoms with Gasteiger partial charge in [-0.15, -0.1) is 0 Å². The Kier molecular flexibility index (Phi) is 5.75. The number of carbonyl (C=O) groups excluding carboxylic acids is 1. The molecule has 0 saturated heterocycles. The normalized spacial score (nSPS) is 11.8. The molecule has 2 aromatic rings. The van der Waals surface area contributed by atoms with Crippen LogP contribution in [0.25, 0.3) is 0 Å². The van der Waals surface area contributed by atoms with Crippen molar-refractivity contribution in [2.45, 2.75) is 6.10 Å². The van der Waals surface area contributed by atoms with Crippen molar-refractivity contribution >= 4 is 23.3 Å². The highest BCUT2D eigenvalue weighted by Crippen LogP contribution is 2.24. The lowest BCUT2D eigenvalue weighted by molar-refractivity contribution is 0.104. The van der Waals surface area contributed by atoms with Crippen LogP contribution in [0.4, 0.5) is 14.9 Å². The highest BCUT2D eigenvalue weighted by molar-refractivity contribution is 6.31. The fourth-order valence-corrected chi connectivity index (χ4v) is 2.21. The average Bonchev–Trinajstić information content (AvgIpc) is 2.52. The van der Waals surface area contributed by atoms with E-state index in [1.165, 1.54) is 24.3 Å². The maximum Gasteiger partial charge on any atom is 0.319 e. The van der Waals surface area contributed by atoms with Gasteiger partial charge in [0.15, 0.2) is 0 Å². The molecule has 2 aromatic carbocycles. The summed E-state index contributed by atoms with van der Waals surface area (Å²) in [6.45, 7) is 0.257. The number of benzene rings is 2. The van der Waals surface area contributed by atoms with Crippen LogP contribution in [-0.2, 0) is 4.74 Å². The number of amides is 2. The Labute approximate surface area is 133 Å². The molecule has 0 bridgehead atoms. The van der Waals surface area contributed by atoms with Crippen molar-refractivity contribution in [2.24, 2.45) is 0 Å². The molecule has 2 amide bonds. The summed E-state index contributed by atoms with van der Waals surface area (Å²) in [5, 5.41) is 5.88. The van der Waals surface area contributed by atoms with Crippen LogP contribution in [0.3, 0.4) is 0 Å². The maximum atomic E-state index is 12.8. The summed E-state index contributed by atoms with van der Waals surface area (Å²) >= 11 is 6.11. The second kappa shape index (κ2) is 7.77. The van der Waals surface area contributed by atoms with Gasteiger partial charge >= 0.3 is 6.03 Å². The smallest absolute Gasteiger partial charge is 0.319 e. The van der Waals surface area contributed by atoms with Gasteiger partial charge in [0.1, 0.15) is 11.9 Å². The second-order valence-electron chi connectivity index (χ2n) is 4.59. The number of hydrogen-bond donors (Lipinski definition) is 2. The molecule has 22 heavy (non-hydrogen) atoms. The minimum atomic E-state index is -0.402. The Morgan fingerprint density at radius 1 is 1.23 bits per heavy atom. The molecular weight excluding hydrogens is 307 g/mol. The predicted octanol–water partition coefficient (Wildman–Crippen LogP) is 3.99. The van der Waals surface area contributed by atoms with Crippen molar-refractivity contribution in [2.75, 3.05) is 19.0 Å². The van der Waals surface area contributed by atoms with Crippen molar-refractivity contribution in [3.63, 3.8) is 0 Å². The Balaban J connectivity index is 1.91. The van der Waals surface area contributed by atoms with Gasteiger partial charge in [0.05, 0.1) is 0 Å². The van der Waals surface area contributed by atoms with E-state index in [0.717, 1.165) is 5.56 Å². The van der Waals surface area contributed by atoms with Gasteiger partial charge in [-0.3, -0.25) is 0 Å². The number of carbonyl (C=O) groups is 1. The number of methoxy groups -OCH3 is 1. The summed E-state index contributed by atoms with van der Waals surface area (Å²) in [6.07, 6.45) is -0.354. The molecule has 116 valence electrons. The van der Waals surface area contributed by atoms with Crippen molar-refractivity contribution in [3.8, 4) is 0 Å². The molecule has 0 heterocycles. The molecule has 0 aliphatic carbocycles. The van der Waals surface area contributed by atoms with Gasteiger partial charge in [0.25, 0.3) is 0 Å². The van der Waals surface area contributed by atoms with Crippen LogP contribution in [0.2, 0.25) is 5.02 Å². The first-order valence-electron chi connectivity index (χ1n) is 6.68. The van der Waals surface area contributed by atoms with E-state index in [4.69, 9.17) is 16.3 Å². The lowest BCUT2D eigenvalue weighted by Gasteiger charge is -2.18. The van der Waals surface area contributed by atoms with Gasteiger partial charge in [-0.1, -0.05) is 29.8 Å². The molecule has 0 aliphatic rings. The Hall–Kier alpha value is -2.11. The first-order chi connectivity index (χ1) is 10.6. The molecule has 0 spiro atoms. The van der Waals surface area contributed by atoms with Crippen LogP contribution in [-0.4, -0.2) is 19.7 Å². The van der Waals surface area contributed by atoms with Crippen LogP contribution < -0.4 is 10.6 Å². The zero-order valence-corrected chi connectivity index (χ0v) is 12.7. The number of anilines is 1. The number of hydrogen-bond acceptors (Lipinski definition) is 2. The molecular formula is C16H16ClFN2O2. The standard InChI is InChI=1S/C16H16ClFN2O2/c1-22-15(13-4-2-3-5-14(13)17)10-19-16(21)20-12-8-6-11(18)7-9-12/h2-9,15H,10H2,1H3,(H2,19,20,21). The summed E-state index contributed by atoms with van der Waals surface area (Å²) in [7, 11) is 1.55. The lowest BCUT2D eigenvalue weighted by Crippen LogP contribution is -2.33. The Morgan fingerprint density at radius 3 is 2.55 bits per heavy atom. The van der Waals surface area contributed by atoms with Crippen LogP contribution >= 0.6 is 11.6 Å². The van der Waals surface area contributed by atoms with Crippen molar-refractivity contribution in [1.82, 2.24) is 5.32 Å². The van der Waals surface area contributed by atoms with E-state index in [1.54, 1.807) is 13.2 Å². The molecule has 2 N–H and O–H groups in total. The van der Waals surface area contributed by atoms with Crippen LogP contribution in [0.1, 0.15) is 11.7 Å². The predicted molar refractivity (Wildman–Crippen MR) is 84.6 cm³/mol. The van der Waals surface area contributed by atoms with Gasteiger partial charge in [-0.2, -0.15) is 0 Å². The Bertz CT molecular complexity index is 634. The molecule has 0 aromatic heterocycles. The number of ether oxygens (including phenoxy) is 1. The minimum Gasteiger partial charge on any atom is -0.375 e. The third kappa shape index (κ3) is 4.44. The summed E-state index contributed by atoms with van der Waals surface area (Å²) in [5.41, 5.74) is 1.30. The van der Waals surface area contributed by atoms with E-state index in [2.05, 4.69) is 10.6 Å². The number of rotatable bonds is 5. The van der Waals surface area contributed by atoms with Gasteiger partial charge < -0.3 is 15.4 Å². The zero-order valence-electron chi connectivity index (χ0n) is 12.0. The highest BCUT2D eigenvalue weighted by atomic mass is 35.5. The summed E-state index contributed by atoms with van der Waals surface area (Å²) in [6, 6.07) is 12.4. The van der Waals surface area contributed by atoms with E-state index >= 15 is 0 Å². The molecule has 4 nitrogen and oxygen atoms in total. The highest BCUT2D eigenvalue weighted by Gasteiger charge is 2.14. The second-order valence-corrected chi connectivity index (χ2v) is 4.99. The molecule has 2 rings (SSSR count).